The van der Waals surface area contributed by atoms with Crippen molar-refractivity contribution in [2.45, 2.75) is 25.7 Å². The van der Waals surface area contributed by atoms with Gasteiger partial charge in [-0.25, -0.2) is 9.97 Å². The Kier molecular flexibility index (Phi) is 5.72. The highest BCUT2D eigenvalue weighted by Crippen LogP contribution is 2.23. The van der Waals surface area contributed by atoms with E-state index in [1.165, 1.54) is 0 Å². The zero-order valence-electron chi connectivity index (χ0n) is 15.4. The molecular formula is C21H21N5OS. The molecule has 0 aliphatic heterocycles. The SMILES string of the molecule is O=C(CCc1csc(-c2cccnc2)n1)NCCCc1ncc2ccccn12. The minimum atomic E-state index is 0.0592. The summed E-state index contributed by atoms with van der Waals surface area (Å²) in [5.74, 6) is 1.08. The smallest absolute Gasteiger partial charge is 0.220 e. The van der Waals surface area contributed by atoms with Gasteiger partial charge in [0.05, 0.1) is 17.4 Å². The van der Waals surface area contributed by atoms with Gasteiger partial charge in [-0.15, -0.1) is 11.3 Å². The molecule has 0 unspecified atom stereocenters. The monoisotopic (exact) mass is 391 g/mol. The summed E-state index contributed by atoms with van der Waals surface area (Å²) in [6, 6.07) is 9.93. The highest BCUT2D eigenvalue weighted by atomic mass is 32.1. The molecule has 4 aromatic rings. The zero-order valence-corrected chi connectivity index (χ0v) is 16.2. The Bertz CT molecular complexity index is 1060. The second-order valence-electron chi connectivity index (χ2n) is 6.51. The molecule has 1 amide bonds. The number of thiazole rings is 1. The van der Waals surface area contributed by atoms with Crippen molar-refractivity contribution in [3.63, 3.8) is 0 Å². The maximum atomic E-state index is 12.1. The van der Waals surface area contributed by atoms with E-state index in [0.29, 0.717) is 19.4 Å². The Balaban J connectivity index is 1.20. The Morgan fingerprint density at radius 2 is 2.11 bits per heavy atom. The fourth-order valence-electron chi connectivity index (χ4n) is 3.03. The molecule has 142 valence electrons. The van der Waals surface area contributed by atoms with E-state index < -0.39 is 0 Å². The number of nitrogens with zero attached hydrogens (tertiary/aromatic N) is 4. The standard InChI is InChI=1S/C21H21N5OS/c27-20(9-8-17-15-28-21(25-17)16-5-3-10-22-13-16)23-11-4-7-19-24-14-18-6-1-2-12-26(18)19/h1-3,5-6,10,12-15H,4,7-9,11H2,(H,23,27). The van der Waals surface area contributed by atoms with Crippen LogP contribution in [0, 0.1) is 0 Å². The second-order valence-corrected chi connectivity index (χ2v) is 7.37. The summed E-state index contributed by atoms with van der Waals surface area (Å²) in [7, 11) is 0. The molecular weight excluding hydrogens is 370 g/mol. The van der Waals surface area contributed by atoms with E-state index in [-0.39, 0.29) is 5.91 Å². The van der Waals surface area contributed by atoms with E-state index in [0.717, 1.165) is 40.4 Å². The third kappa shape index (κ3) is 4.43. The van der Waals surface area contributed by atoms with Crippen LogP contribution in [0.5, 0.6) is 0 Å². The average molecular weight is 392 g/mol. The molecule has 0 saturated carbocycles. The predicted molar refractivity (Wildman–Crippen MR) is 110 cm³/mol. The summed E-state index contributed by atoms with van der Waals surface area (Å²) in [6.07, 6.45) is 10.2. The molecule has 0 atom stereocenters. The van der Waals surface area contributed by atoms with Crippen molar-refractivity contribution >= 4 is 22.8 Å². The van der Waals surface area contributed by atoms with Gasteiger partial charge in [0, 0.05) is 48.9 Å². The predicted octanol–water partition coefficient (Wildman–Crippen LogP) is 3.53. The number of amides is 1. The summed E-state index contributed by atoms with van der Waals surface area (Å²) in [5, 5.41) is 5.94. The number of pyridine rings is 2. The lowest BCUT2D eigenvalue weighted by atomic mass is 10.2. The number of fused-ring (bicyclic) bond motifs is 1. The fourth-order valence-corrected chi connectivity index (χ4v) is 3.88. The first-order valence-corrected chi connectivity index (χ1v) is 10.2. The van der Waals surface area contributed by atoms with Gasteiger partial charge in [-0.2, -0.15) is 0 Å². The number of hydrogen-bond acceptors (Lipinski definition) is 5. The average Bonchev–Trinajstić information content (AvgIpc) is 3.38. The number of rotatable bonds is 8. The van der Waals surface area contributed by atoms with Gasteiger partial charge in [0.2, 0.25) is 5.91 Å². The van der Waals surface area contributed by atoms with E-state index in [4.69, 9.17) is 0 Å². The first-order valence-electron chi connectivity index (χ1n) is 9.32. The molecule has 0 aliphatic rings. The number of hydrogen-bond donors (Lipinski definition) is 1. The Hall–Kier alpha value is -3.06. The maximum Gasteiger partial charge on any atom is 0.220 e. The van der Waals surface area contributed by atoms with Crippen molar-refractivity contribution in [2.24, 2.45) is 0 Å². The van der Waals surface area contributed by atoms with E-state index >= 15 is 0 Å². The van der Waals surface area contributed by atoms with E-state index in [1.807, 2.05) is 48.1 Å². The van der Waals surface area contributed by atoms with Gasteiger partial charge in [0.25, 0.3) is 0 Å². The zero-order chi connectivity index (χ0) is 19.2. The summed E-state index contributed by atoms with van der Waals surface area (Å²) in [5.41, 5.74) is 3.05. The van der Waals surface area contributed by atoms with Crippen LogP contribution in [0.2, 0.25) is 0 Å². The molecule has 7 heteroatoms. The Morgan fingerprint density at radius 3 is 3.00 bits per heavy atom. The van der Waals surface area contributed by atoms with Gasteiger partial charge in [0.1, 0.15) is 10.8 Å². The summed E-state index contributed by atoms with van der Waals surface area (Å²) >= 11 is 1.58. The van der Waals surface area contributed by atoms with Gasteiger partial charge in [-0.1, -0.05) is 6.07 Å². The topological polar surface area (TPSA) is 72.2 Å². The van der Waals surface area contributed by atoms with E-state index in [2.05, 4.69) is 24.7 Å². The molecule has 4 rings (SSSR count). The van der Waals surface area contributed by atoms with E-state index in [9.17, 15) is 4.79 Å². The van der Waals surface area contributed by atoms with Crippen LogP contribution in [-0.2, 0) is 17.6 Å². The van der Waals surface area contributed by atoms with Gasteiger partial charge in [-0.3, -0.25) is 9.78 Å². The van der Waals surface area contributed by atoms with E-state index in [1.54, 1.807) is 23.7 Å². The van der Waals surface area contributed by atoms with Gasteiger partial charge in [-0.05, 0) is 37.1 Å². The lowest BCUT2D eigenvalue weighted by Gasteiger charge is -2.05. The van der Waals surface area contributed by atoms with Crippen LogP contribution < -0.4 is 5.32 Å². The summed E-state index contributed by atoms with van der Waals surface area (Å²) < 4.78 is 2.09. The quantitative estimate of drug-likeness (QED) is 0.466. The van der Waals surface area contributed by atoms with Crippen LogP contribution in [0.1, 0.15) is 24.4 Å². The highest BCUT2D eigenvalue weighted by Gasteiger charge is 2.08. The molecule has 0 fully saturated rings. The third-order valence-corrected chi connectivity index (χ3v) is 5.42. The minimum Gasteiger partial charge on any atom is -0.356 e. The van der Waals surface area contributed by atoms with Crippen LogP contribution in [0.25, 0.3) is 16.1 Å². The Labute approximate surface area is 167 Å². The van der Waals surface area contributed by atoms with Crippen LogP contribution in [0.4, 0.5) is 0 Å². The number of carbonyl (C=O) groups excluding carboxylic acids is 1. The number of carbonyl (C=O) groups is 1. The van der Waals surface area contributed by atoms with Crippen molar-refractivity contribution in [3.05, 3.63) is 72.0 Å². The first-order chi connectivity index (χ1) is 13.8. The molecule has 4 heterocycles. The number of nitrogens with one attached hydrogen (secondary N) is 1. The maximum absolute atomic E-state index is 12.1. The molecule has 28 heavy (non-hydrogen) atoms. The molecule has 1 N–H and O–H groups in total. The normalized spacial score (nSPS) is 11.0. The van der Waals surface area contributed by atoms with Crippen LogP contribution in [0.3, 0.4) is 0 Å². The van der Waals surface area contributed by atoms with Gasteiger partial charge >= 0.3 is 0 Å². The molecule has 0 spiro atoms. The molecule has 4 aromatic heterocycles. The van der Waals surface area contributed by atoms with Crippen molar-refractivity contribution < 1.29 is 4.79 Å². The van der Waals surface area contributed by atoms with Gasteiger partial charge < -0.3 is 9.72 Å². The number of imidazole rings is 1. The van der Waals surface area contributed by atoms with Crippen LogP contribution in [0.15, 0.2) is 60.5 Å². The lowest BCUT2D eigenvalue weighted by Crippen LogP contribution is -2.25. The molecule has 0 saturated heterocycles. The van der Waals surface area contributed by atoms with Gasteiger partial charge in [0.15, 0.2) is 0 Å². The second kappa shape index (κ2) is 8.75. The van der Waals surface area contributed by atoms with Crippen LogP contribution >= 0.6 is 11.3 Å². The number of aryl methyl sites for hydroxylation is 2. The largest absolute Gasteiger partial charge is 0.356 e. The lowest BCUT2D eigenvalue weighted by molar-refractivity contribution is -0.121. The summed E-state index contributed by atoms with van der Waals surface area (Å²) in [4.78, 5) is 25.3. The van der Waals surface area contributed by atoms with Crippen molar-refractivity contribution in [3.8, 4) is 10.6 Å². The molecule has 0 aromatic carbocycles. The third-order valence-electron chi connectivity index (χ3n) is 4.48. The van der Waals surface area contributed by atoms with Crippen molar-refractivity contribution in [1.82, 2.24) is 24.7 Å². The Morgan fingerprint density at radius 1 is 1.14 bits per heavy atom. The van der Waals surface area contributed by atoms with Crippen molar-refractivity contribution in [1.29, 1.82) is 0 Å². The number of aromatic nitrogens is 4. The highest BCUT2D eigenvalue weighted by molar-refractivity contribution is 7.13. The summed E-state index contributed by atoms with van der Waals surface area (Å²) in [6.45, 7) is 0.651. The minimum absolute atomic E-state index is 0.0592. The molecule has 0 radical (unpaired) electrons. The molecule has 0 aliphatic carbocycles. The van der Waals surface area contributed by atoms with Crippen LogP contribution in [-0.4, -0.2) is 31.8 Å². The molecule has 0 bridgehead atoms. The fraction of sp³-hybridized carbons (Fsp3) is 0.238. The van der Waals surface area contributed by atoms with Crippen molar-refractivity contribution in [2.75, 3.05) is 6.54 Å². The molecule has 6 nitrogen and oxygen atoms in total. The first kappa shape index (κ1) is 18.3.